The fourth-order valence-electron chi connectivity index (χ4n) is 3.08. The van der Waals surface area contributed by atoms with Gasteiger partial charge in [-0.25, -0.2) is 0 Å². The molecule has 0 heteroatoms. The minimum absolute atomic E-state index is 1.07. The Bertz CT molecular complexity index is 539. The molecular formula is C19H21. The van der Waals surface area contributed by atoms with Crippen molar-refractivity contribution in [2.24, 2.45) is 0 Å². The number of hydrogen-bond acceptors (Lipinski definition) is 0. The first kappa shape index (κ1) is 12.5. The van der Waals surface area contributed by atoms with Gasteiger partial charge in [-0.05, 0) is 58.7 Å². The number of aryl methyl sites for hydroxylation is 2. The first-order chi connectivity index (χ1) is 9.31. The normalized spacial score (nSPS) is 12.3. The molecular weight excluding hydrogens is 228 g/mol. The Kier molecular flexibility index (Phi) is 3.42. The molecule has 0 aliphatic heterocycles. The van der Waals surface area contributed by atoms with Crippen LogP contribution in [0.3, 0.4) is 0 Å². The topological polar surface area (TPSA) is 0 Å². The molecule has 0 amide bonds. The molecule has 2 aromatic carbocycles. The Labute approximate surface area is 116 Å². The third-order valence-electron chi connectivity index (χ3n) is 3.97. The van der Waals surface area contributed by atoms with Gasteiger partial charge >= 0.3 is 0 Å². The molecule has 0 aromatic heterocycles. The third-order valence-corrected chi connectivity index (χ3v) is 3.97. The molecule has 0 bridgehead atoms. The maximum absolute atomic E-state index is 3.62. The second kappa shape index (κ2) is 5.21. The van der Waals surface area contributed by atoms with E-state index in [9.17, 15) is 0 Å². The minimum atomic E-state index is 1.07. The molecule has 0 spiro atoms. The summed E-state index contributed by atoms with van der Waals surface area (Å²) in [7, 11) is 0. The lowest BCUT2D eigenvalue weighted by Crippen LogP contribution is -1.88. The SMILES string of the molecule is CCCc1[c]c2c(cc1)-c1ccc(CCC)cc1C2. The summed E-state index contributed by atoms with van der Waals surface area (Å²) in [5, 5.41) is 0. The van der Waals surface area contributed by atoms with Crippen LogP contribution in [0.5, 0.6) is 0 Å². The summed E-state index contributed by atoms with van der Waals surface area (Å²) in [4.78, 5) is 0. The molecule has 19 heavy (non-hydrogen) atoms. The van der Waals surface area contributed by atoms with Crippen LogP contribution in [0.15, 0.2) is 30.3 Å². The van der Waals surface area contributed by atoms with Crippen molar-refractivity contribution in [1.29, 1.82) is 0 Å². The Hall–Kier alpha value is -1.56. The quantitative estimate of drug-likeness (QED) is 0.613. The summed E-state index contributed by atoms with van der Waals surface area (Å²) in [5.74, 6) is 0. The standard InChI is InChI=1S/C19H21/c1-3-5-14-7-9-18-16(11-14)13-17-12-15(6-4-2)8-10-19(17)18/h7-11H,3-6,13H2,1-2H3. The molecule has 0 saturated carbocycles. The van der Waals surface area contributed by atoms with Crippen LogP contribution < -0.4 is 0 Å². The van der Waals surface area contributed by atoms with Gasteiger partial charge < -0.3 is 0 Å². The molecule has 1 aliphatic rings. The molecule has 0 atom stereocenters. The smallest absolute Gasteiger partial charge is 0.000708 e. The van der Waals surface area contributed by atoms with Crippen molar-refractivity contribution in [3.8, 4) is 11.1 Å². The highest BCUT2D eigenvalue weighted by atomic mass is 14.2. The number of benzene rings is 2. The monoisotopic (exact) mass is 249 g/mol. The van der Waals surface area contributed by atoms with Gasteiger partial charge in [0.05, 0.1) is 0 Å². The fourth-order valence-corrected chi connectivity index (χ4v) is 3.08. The van der Waals surface area contributed by atoms with Crippen molar-refractivity contribution in [1.82, 2.24) is 0 Å². The fraction of sp³-hybridized carbons (Fsp3) is 0.368. The van der Waals surface area contributed by atoms with Gasteiger partial charge in [-0.3, -0.25) is 0 Å². The highest BCUT2D eigenvalue weighted by Crippen LogP contribution is 2.37. The summed E-state index contributed by atoms with van der Waals surface area (Å²) < 4.78 is 0. The van der Waals surface area contributed by atoms with Crippen LogP contribution in [-0.2, 0) is 19.3 Å². The summed E-state index contributed by atoms with van der Waals surface area (Å²) in [6.07, 6.45) is 5.82. The molecule has 3 rings (SSSR count). The van der Waals surface area contributed by atoms with Crippen LogP contribution in [0.2, 0.25) is 0 Å². The van der Waals surface area contributed by atoms with E-state index in [0.29, 0.717) is 0 Å². The summed E-state index contributed by atoms with van der Waals surface area (Å²) in [6, 6.07) is 15.2. The molecule has 0 fully saturated rings. The van der Waals surface area contributed by atoms with E-state index in [0.717, 1.165) is 12.8 Å². The van der Waals surface area contributed by atoms with E-state index in [2.05, 4.69) is 50.2 Å². The van der Waals surface area contributed by atoms with Crippen LogP contribution >= 0.6 is 0 Å². The van der Waals surface area contributed by atoms with Crippen LogP contribution in [0.4, 0.5) is 0 Å². The first-order valence-corrected chi connectivity index (χ1v) is 7.48. The highest BCUT2D eigenvalue weighted by Gasteiger charge is 2.18. The number of fused-ring (bicyclic) bond motifs is 3. The van der Waals surface area contributed by atoms with Crippen molar-refractivity contribution in [3.63, 3.8) is 0 Å². The zero-order valence-electron chi connectivity index (χ0n) is 11.9. The molecule has 0 saturated heterocycles. The van der Waals surface area contributed by atoms with E-state index in [4.69, 9.17) is 0 Å². The summed E-state index contributed by atoms with van der Waals surface area (Å²) in [6.45, 7) is 4.47. The first-order valence-electron chi connectivity index (χ1n) is 7.48. The van der Waals surface area contributed by atoms with E-state index in [1.54, 1.807) is 0 Å². The van der Waals surface area contributed by atoms with E-state index < -0.39 is 0 Å². The van der Waals surface area contributed by atoms with Crippen molar-refractivity contribution in [3.05, 3.63) is 58.7 Å². The van der Waals surface area contributed by atoms with Crippen LogP contribution in [0, 0.1) is 6.07 Å². The Morgan fingerprint density at radius 3 is 2.53 bits per heavy atom. The molecule has 0 nitrogen and oxygen atoms in total. The van der Waals surface area contributed by atoms with Crippen molar-refractivity contribution in [2.45, 2.75) is 46.0 Å². The van der Waals surface area contributed by atoms with Gasteiger partial charge in [0.15, 0.2) is 0 Å². The Morgan fingerprint density at radius 2 is 1.74 bits per heavy atom. The Morgan fingerprint density at radius 1 is 0.947 bits per heavy atom. The van der Waals surface area contributed by atoms with Gasteiger partial charge in [-0.2, -0.15) is 0 Å². The van der Waals surface area contributed by atoms with Gasteiger partial charge in [0, 0.05) is 0 Å². The maximum atomic E-state index is 3.62. The van der Waals surface area contributed by atoms with E-state index in [1.165, 1.54) is 52.6 Å². The van der Waals surface area contributed by atoms with Gasteiger partial charge in [-0.15, -0.1) is 0 Å². The van der Waals surface area contributed by atoms with Crippen molar-refractivity contribution >= 4 is 0 Å². The zero-order chi connectivity index (χ0) is 13.2. The van der Waals surface area contributed by atoms with Gasteiger partial charge in [0.1, 0.15) is 0 Å². The molecule has 0 N–H and O–H groups in total. The second-order valence-corrected chi connectivity index (χ2v) is 5.54. The molecule has 1 radical (unpaired) electrons. The van der Waals surface area contributed by atoms with Crippen molar-refractivity contribution < 1.29 is 0 Å². The predicted octanol–water partition coefficient (Wildman–Crippen LogP) is 4.96. The second-order valence-electron chi connectivity index (χ2n) is 5.54. The van der Waals surface area contributed by atoms with E-state index in [-0.39, 0.29) is 0 Å². The van der Waals surface area contributed by atoms with Crippen LogP contribution in [-0.4, -0.2) is 0 Å². The lowest BCUT2D eigenvalue weighted by atomic mass is 10.0. The zero-order valence-corrected chi connectivity index (χ0v) is 11.9. The van der Waals surface area contributed by atoms with Crippen LogP contribution in [0.25, 0.3) is 11.1 Å². The average Bonchev–Trinajstić information content (AvgIpc) is 2.76. The highest BCUT2D eigenvalue weighted by molar-refractivity contribution is 5.77. The van der Waals surface area contributed by atoms with Crippen molar-refractivity contribution in [2.75, 3.05) is 0 Å². The average molecular weight is 249 g/mol. The van der Waals surface area contributed by atoms with Crippen LogP contribution in [0.1, 0.15) is 48.9 Å². The van der Waals surface area contributed by atoms with E-state index in [1.807, 2.05) is 0 Å². The van der Waals surface area contributed by atoms with Gasteiger partial charge in [0.25, 0.3) is 0 Å². The lowest BCUT2D eigenvalue weighted by Gasteiger charge is -2.04. The molecule has 0 heterocycles. The van der Waals surface area contributed by atoms with E-state index >= 15 is 0 Å². The summed E-state index contributed by atoms with van der Waals surface area (Å²) in [5.41, 5.74) is 8.55. The summed E-state index contributed by atoms with van der Waals surface area (Å²) >= 11 is 0. The number of rotatable bonds is 4. The Balaban J connectivity index is 1.96. The lowest BCUT2D eigenvalue weighted by molar-refractivity contribution is 0.916. The molecule has 2 aromatic rings. The van der Waals surface area contributed by atoms with Gasteiger partial charge in [0.2, 0.25) is 0 Å². The van der Waals surface area contributed by atoms with Gasteiger partial charge in [-0.1, -0.05) is 57.0 Å². The third kappa shape index (κ3) is 2.32. The minimum Gasteiger partial charge on any atom is -0.0651 e. The largest absolute Gasteiger partial charge is 0.0651 e. The molecule has 0 unspecified atom stereocenters. The number of hydrogen-bond donors (Lipinski definition) is 0. The maximum Gasteiger partial charge on any atom is -0.000708 e. The molecule has 1 aliphatic carbocycles. The predicted molar refractivity (Wildman–Crippen MR) is 81.5 cm³/mol. The molecule has 97 valence electrons.